The number of nitrogens with two attached hydrogens (primary N) is 1. The van der Waals surface area contributed by atoms with Gasteiger partial charge in [0, 0.05) is 12.4 Å². The molecule has 0 saturated carbocycles. The van der Waals surface area contributed by atoms with Crippen molar-refractivity contribution in [2.24, 2.45) is 0 Å². The lowest BCUT2D eigenvalue weighted by atomic mass is 9.85. The maximum absolute atomic E-state index is 12.5. The maximum Gasteiger partial charge on any atom is 0.194 e. The molecular formula is C14H16N4O. The first-order valence-electron chi connectivity index (χ1n) is 5.96. The number of nitrogen functional groups attached to an aromatic ring is 1. The summed E-state index contributed by atoms with van der Waals surface area (Å²) in [5.74, 6) is 0.359. The van der Waals surface area contributed by atoms with Gasteiger partial charge in [0.2, 0.25) is 0 Å². The van der Waals surface area contributed by atoms with Gasteiger partial charge in [0.1, 0.15) is 11.5 Å². The lowest BCUT2D eigenvalue weighted by molar-refractivity contribution is 0.0897. The summed E-state index contributed by atoms with van der Waals surface area (Å²) in [6.07, 6.45) is 4.88. The van der Waals surface area contributed by atoms with Crippen molar-refractivity contribution in [3.8, 4) is 0 Å². The number of hydrogen-bond donors (Lipinski definition) is 1. The number of ketones is 1. The summed E-state index contributed by atoms with van der Waals surface area (Å²) in [6.45, 7) is 5.48. The Morgan fingerprint density at radius 2 is 1.74 bits per heavy atom. The molecule has 0 aliphatic rings. The van der Waals surface area contributed by atoms with Crippen molar-refractivity contribution in [3.05, 3.63) is 47.8 Å². The predicted molar refractivity (Wildman–Crippen MR) is 72.8 cm³/mol. The van der Waals surface area contributed by atoms with E-state index in [1.165, 1.54) is 6.20 Å². The largest absolute Gasteiger partial charge is 0.397 e. The number of carbonyl (C=O) groups excluding carboxylic acids is 1. The van der Waals surface area contributed by atoms with Crippen LogP contribution >= 0.6 is 0 Å². The molecule has 0 unspecified atom stereocenters. The molecule has 19 heavy (non-hydrogen) atoms. The number of hydrogen-bond acceptors (Lipinski definition) is 5. The normalized spacial score (nSPS) is 11.3. The monoisotopic (exact) mass is 256 g/mol. The average molecular weight is 256 g/mol. The molecule has 98 valence electrons. The van der Waals surface area contributed by atoms with E-state index in [-0.39, 0.29) is 5.78 Å². The molecule has 0 radical (unpaired) electrons. The first-order chi connectivity index (χ1) is 8.91. The third-order valence-electron chi connectivity index (χ3n) is 2.93. The van der Waals surface area contributed by atoms with Crippen molar-refractivity contribution in [3.63, 3.8) is 0 Å². The van der Waals surface area contributed by atoms with Crippen molar-refractivity contribution in [1.82, 2.24) is 15.0 Å². The fourth-order valence-electron chi connectivity index (χ4n) is 1.68. The second-order valence-electron chi connectivity index (χ2n) is 5.01. The Morgan fingerprint density at radius 3 is 2.26 bits per heavy atom. The third-order valence-corrected chi connectivity index (χ3v) is 2.93. The van der Waals surface area contributed by atoms with Gasteiger partial charge in [-0.25, -0.2) is 9.97 Å². The van der Waals surface area contributed by atoms with Crippen molar-refractivity contribution in [1.29, 1.82) is 0 Å². The Balaban J connectivity index is 2.35. The Kier molecular flexibility index (Phi) is 3.29. The number of nitrogens with zero attached hydrogens (tertiary/aromatic N) is 3. The van der Waals surface area contributed by atoms with Crippen LogP contribution in [0.2, 0.25) is 0 Å². The standard InChI is InChI=1S/C14H16N4O/c1-9-6-17-13(18-7-9)14(2,3)12(19)11-5-4-10(15)8-16-11/h4-8H,15H2,1-3H3. The Bertz CT molecular complexity index is 588. The van der Waals surface area contributed by atoms with Crippen LogP contribution in [-0.2, 0) is 5.41 Å². The summed E-state index contributed by atoms with van der Waals surface area (Å²) in [6, 6.07) is 3.28. The lowest BCUT2D eigenvalue weighted by Crippen LogP contribution is -2.32. The quantitative estimate of drug-likeness (QED) is 0.848. The van der Waals surface area contributed by atoms with Gasteiger partial charge in [-0.1, -0.05) is 0 Å². The van der Waals surface area contributed by atoms with E-state index in [1.807, 2.05) is 6.92 Å². The van der Waals surface area contributed by atoms with Crippen molar-refractivity contribution < 1.29 is 4.79 Å². The van der Waals surface area contributed by atoms with Crippen molar-refractivity contribution in [2.75, 3.05) is 5.73 Å². The van der Waals surface area contributed by atoms with Crippen LogP contribution in [0.3, 0.4) is 0 Å². The second-order valence-corrected chi connectivity index (χ2v) is 5.01. The molecule has 0 aliphatic carbocycles. The highest BCUT2D eigenvalue weighted by Gasteiger charge is 2.34. The highest BCUT2D eigenvalue weighted by molar-refractivity contribution is 6.01. The van der Waals surface area contributed by atoms with Gasteiger partial charge in [-0.2, -0.15) is 0 Å². The van der Waals surface area contributed by atoms with Gasteiger partial charge < -0.3 is 5.73 Å². The smallest absolute Gasteiger partial charge is 0.194 e. The summed E-state index contributed by atoms with van der Waals surface area (Å²) in [5.41, 5.74) is 6.59. The highest BCUT2D eigenvalue weighted by atomic mass is 16.1. The molecule has 0 bridgehead atoms. The fourth-order valence-corrected chi connectivity index (χ4v) is 1.68. The van der Waals surface area contributed by atoms with Gasteiger partial charge in [-0.3, -0.25) is 9.78 Å². The maximum atomic E-state index is 12.5. The van der Waals surface area contributed by atoms with Gasteiger partial charge in [-0.05, 0) is 38.5 Å². The molecule has 2 rings (SSSR count). The summed E-state index contributed by atoms with van der Waals surface area (Å²) >= 11 is 0. The van der Waals surface area contributed by atoms with E-state index >= 15 is 0 Å². The minimum atomic E-state index is -0.823. The molecule has 0 spiro atoms. The van der Waals surface area contributed by atoms with Crippen molar-refractivity contribution >= 4 is 11.5 Å². The number of aryl methyl sites for hydroxylation is 1. The summed E-state index contributed by atoms with van der Waals surface area (Å²) in [7, 11) is 0. The minimum Gasteiger partial charge on any atom is -0.397 e. The zero-order valence-electron chi connectivity index (χ0n) is 11.2. The van der Waals surface area contributed by atoms with Gasteiger partial charge in [0.15, 0.2) is 5.78 Å². The molecule has 0 fully saturated rings. The van der Waals surface area contributed by atoms with E-state index in [4.69, 9.17) is 5.73 Å². The molecule has 0 aromatic carbocycles. The van der Waals surface area contributed by atoms with Crippen LogP contribution in [0.4, 0.5) is 5.69 Å². The summed E-state index contributed by atoms with van der Waals surface area (Å²) in [4.78, 5) is 25.0. The van der Waals surface area contributed by atoms with Gasteiger partial charge in [0.25, 0.3) is 0 Å². The summed E-state index contributed by atoms with van der Waals surface area (Å²) in [5, 5.41) is 0. The van der Waals surface area contributed by atoms with E-state index in [1.54, 1.807) is 38.4 Å². The van der Waals surface area contributed by atoms with E-state index < -0.39 is 5.41 Å². The Labute approximate surface area is 111 Å². The van der Waals surface area contributed by atoms with Gasteiger partial charge in [0.05, 0.1) is 17.3 Å². The van der Waals surface area contributed by atoms with E-state index in [9.17, 15) is 4.79 Å². The molecule has 5 nitrogen and oxygen atoms in total. The molecule has 0 aliphatic heterocycles. The topological polar surface area (TPSA) is 81.8 Å². The second kappa shape index (κ2) is 4.76. The molecule has 5 heteroatoms. The third kappa shape index (κ3) is 2.59. The minimum absolute atomic E-state index is 0.128. The number of anilines is 1. The Morgan fingerprint density at radius 1 is 1.11 bits per heavy atom. The lowest BCUT2D eigenvalue weighted by Gasteiger charge is -2.20. The number of carbonyl (C=O) groups is 1. The first-order valence-corrected chi connectivity index (χ1v) is 5.96. The number of rotatable bonds is 3. The highest BCUT2D eigenvalue weighted by Crippen LogP contribution is 2.24. The molecular weight excluding hydrogens is 240 g/mol. The fraction of sp³-hybridized carbons (Fsp3) is 0.286. The SMILES string of the molecule is Cc1cnc(C(C)(C)C(=O)c2ccc(N)cn2)nc1. The van der Waals surface area contributed by atoms with Crippen LogP contribution in [-0.4, -0.2) is 20.7 Å². The number of aromatic nitrogens is 3. The van der Waals surface area contributed by atoms with Crippen molar-refractivity contribution in [2.45, 2.75) is 26.2 Å². The molecule has 0 atom stereocenters. The Hall–Kier alpha value is -2.30. The zero-order valence-corrected chi connectivity index (χ0v) is 11.2. The van der Waals surface area contributed by atoms with Crippen LogP contribution in [0.25, 0.3) is 0 Å². The molecule has 0 saturated heterocycles. The summed E-state index contributed by atoms with van der Waals surface area (Å²) < 4.78 is 0. The average Bonchev–Trinajstić information content (AvgIpc) is 2.39. The van der Waals surface area contributed by atoms with E-state index in [0.717, 1.165) is 5.56 Å². The van der Waals surface area contributed by atoms with Gasteiger partial charge >= 0.3 is 0 Å². The molecule has 2 aromatic rings. The molecule has 2 aromatic heterocycles. The van der Waals surface area contributed by atoms with E-state index in [2.05, 4.69) is 15.0 Å². The number of Topliss-reactive ketones (excluding diaryl/α,β-unsaturated/α-hetero) is 1. The van der Waals surface area contributed by atoms with Crippen LogP contribution in [0.15, 0.2) is 30.7 Å². The van der Waals surface area contributed by atoms with Crippen LogP contribution in [0.1, 0.15) is 35.7 Å². The van der Waals surface area contributed by atoms with Crippen LogP contribution in [0.5, 0.6) is 0 Å². The molecule has 0 amide bonds. The zero-order chi connectivity index (χ0) is 14.0. The predicted octanol–water partition coefficient (Wildman–Crippen LogP) is 1.92. The van der Waals surface area contributed by atoms with Crippen LogP contribution < -0.4 is 5.73 Å². The number of pyridine rings is 1. The van der Waals surface area contributed by atoms with E-state index in [0.29, 0.717) is 17.2 Å². The van der Waals surface area contributed by atoms with Gasteiger partial charge in [-0.15, -0.1) is 0 Å². The first kappa shape index (κ1) is 13.1. The van der Waals surface area contributed by atoms with Crippen LogP contribution in [0, 0.1) is 6.92 Å². The molecule has 2 N–H and O–H groups in total. The molecule has 2 heterocycles.